The number of aromatic nitrogens is 1. The van der Waals surface area contributed by atoms with E-state index in [1.54, 1.807) is 11.1 Å². The third-order valence-corrected chi connectivity index (χ3v) is 20.5. The molecule has 0 saturated carbocycles. The first-order valence-corrected chi connectivity index (χ1v) is 32.9. The molecule has 1 heteroatoms. The number of rotatable bonds is 19. The van der Waals surface area contributed by atoms with Crippen LogP contribution in [0.1, 0.15) is 148 Å². The van der Waals surface area contributed by atoms with E-state index in [2.05, 4.69) is 269 Å². The van der Waals surface area contributed by atoms with Crippen LogP contribution in [0.15, 0.2) is 237 Å². The predicted molar refractivity (Wildman–Crippen MR) is 370 cm³/mol. The van der Waals surface area contributed by atoms with Crippen LogP contribution in [0.4, 0.5) is 0 Å². The fourth-order valence-electron chi connectivity index (χ4n) is 16.3. The van der Waals surface area contributed by atoms with Crippen LogP contribution in [0.25, 0.3) is 105 Å². The van der Waals surface area contributed by atoms with Crippen LogP contribution in [-0.4, -0.2) is 4.57 Å². The number of nitrogens with zero attached hydrogens (tertiary/aromatic N) is 1. The van der Waals surface area contributed by atoms with E-state index in [1.165, 1.54) is 229 Å². The summed E-state index contributed by atoms with van der Waals surface area (Å²) in [5, 5.41) is 2.54. The first-order chi connectivity index (χ1) is 42.9. The molecule has 11 aromatic carbocycles. The van der Waals surface area contributed by atoms with Crippen molar-refractivity contribution in [1.29, 1.82) is 0 Å². The highest BCUT2D eigenvalue weighted by Gasteiger charge is 2.51. The Morgan fingerprint density at radius 3 is 1.25 bits per heavy atom. The SMILES string of the molecule is CCCCCCCCC1(CCCCCCCC)c2cc(-c3ccc(-c4ccc(C)cc4)cc3)ccc2-c2ccc(-c3cc(C)cc(-n4c5ccccc5c5cc(-c6ccc7c(c6)C6(c8ccccc8-c8ccccc86)c6ccccc6-7)ccc54)c3)cc21. The molecular weight excluding hydrogens is 1050 g/mol. The third-order valence-electron chi connectivity index (χ3n) is 20.5. The summed E-state index contributed by atoms with van der Waals surface area (Å²) < 4.78 is 2.53. The lowest BCUT2D eigenvalue weighted by molar-refractivity contribution is 0.398. The Morgan fingerprint density at radius 2 is 0.678 bits per heavy atom. The van der Waals surface area contributed by atoms with Gasteiger partial charge in [0.25, 0.3) is 0 Å². The Morgan fingerprint density at radius 1 is 0.276 bits per heavy atom. The largest absolute Gasteiger partial charge is 0.309 e. The van der Waals surface area contributed by atoms with Crippen LogP contribution < -0.4 is 0 Å². The summed E-state index contributed by atoms with van der Waals surface area (Å²) in [6.45, 7) is 9.12. The molecule has 1 heterocycles. The molecule has 428 valence electrons. The van der Waals surface area contributed by atoms with Gasteiger partial charge in [-0.05, 0) is 192 Å². The first-order valence-electron chi connectivity index (χ1n) is 32.9. The number of aryl methyl sites for hydroxylation is 2. The zero-order chi connectivity index (χ0) is 58.6. The van der Waals surface area contributed by atoms with Gasteiger partial charge in [-0.15, -0.1) is 0 Å². The summed E-state index contributed by atoms with van der Waals surface area (Å²) in [7, 11) is 0. The molecule has 0 radical (unpaired) electrons. The highest BCUT2D eigenvalue weighted by molar-refractivity contribution is 6.11. The molecule has 0 fully saturated rings. The monoisotopic (exact) mass is 1130 g/mol. The van der Waals surface area contributed by atoms with E-state index in [-0.39, 0.29) is 10.8 Å². The van der Waals surface area contributed by atoms with Crippen molar-refractivity contribution in [2.75, 3.05) is 0 Å². The Bertz CT molecular complexity index is 4480. The van der Waals surface area contributed by atoms with Crippen LogP contribution in [0.5, 0.6) is 0 Å². The molecule has 1 spiro atoms. The maximum atomic E-state index is 2.65. The summed E-state index contributed by atoms with van der Waals surface area (Å²) in [6, 6.07) is 91.6. The van der Waals surface area contributed by atoms with Gasteiger partial charge in [-0.2, -0.15) is 0 Å². The van der Waals surface area contributed by atoms with Gasteiger partial charge < -0.3 is 4.57 Å². The number of unbranched alkanes of at least 4 members (excludes halogenated alkanes) is 10. The number of para-hydroxylation sites is 1. The summed E-state index contributed by atoms with van der Waals surface area (Å²) in [5.74, 6) is 0. The molecule has 0 saturated heterocycles. The highest BCUT2D eigenvalue weighted by Crippen LogP contribution is 2.63. The van der Waals surface area contributed by atoms with E-state index in [9.17, 15) is 0 Å². The van der Waals surface area contributed by atoms with E-state index in [4.69, 9.17) is 0 Å². The lowest BCUT2D eigenvalue weighted by Crippen LogP contribution is -2.25. The fraction of sp³-hybridized carbons (Fsp3) is 0.233. The second-order valence-corrected chi connectivity index (χ2v) is 25.9. The zero-order valence-electron chi connectivity index (χ0n) is 51.4. The highest BCUT2D eigenvalue weighted by atomic mass is 15.0. The Balaban J connectivity index is 0.819. The molecule has 1 aromatic heterocycles. The molecule has 0 N–H and O–H groups in total. The Hall–Kier alpha value is -8.78. The van der Waals surface area contributed by atoms with Gasteiger partial charge in [0, 0.05) is 21.9 Å². The molecule has 0 atom stereocenters. The lowest BCUT2D eigenvalue weighted by Gasteiger charge is -2.33. The van der Waals surface area contributed by atoms with E-state index in [0.717, 1.165) is 0 Å². The van der Waals surface area contributed by atoms with Crippen molar-refractivity contribution in [2.24, 2.45) is 0 Å². The van der Waals surface area contributed by atoms with Gasteiger partial charge in [-0.25, -0.2) is 0 Å². The maximum absolute atomic E-state index is 2.65. The predicted octanol–water partition coefficient (Wildman–Crippen LogP) is 24.2. The molecule has 1 nitrogen and oxygen atoms in total. The summed E-state index contributed by atoms with van der Waals surface area (Å²) in [6.07, 6.45) is 17.9. The number of hydrogen-bond acceptors (Lipinski definition) is 0. The quantitative estimate of drug-likeness (QED) is 0.0711. The van der Waals surface area contributed by atoms with Crippen LogP contribution >= 0.6 is 0 Å². The Labute approximate surface area is 516 Å². The number of hydrogen-bond donors (Lipinski definition) is 0. The maximum Gasteiger partial charge on any atom is 0.0725 e. The topological polar surface area (TPSA) is 4.93 Å². The van der Waals surface area contributed by atoms with Crippen molar-refractivity contribution < 1.29 is 0 Å². The molecule has 3 aliphatic carbocycles. The van der Waals surface area contributed by atoms with Crippen molar-refractivity contribution in [3.05, 3.63) is 281 Å². The summed E-state index contributed by atoms with van der Waals surface area (Å²) in [5.41, 5.74) is 32.7. The van der Waals surface area contributed by atoms with Gasteiger partial charge in [0.15, 0.2) is 0 Å². The molecule has 0 bridgehead atoms. The molecule has 0 aliphatic heterocycles. The van der Waals surface area contributed by atoms with Gasteiger partial charge >= 0.3 is 0 Å². The number of fused-ring (bicyclic) bond motifs is 16. The van der Waals surface area contributed by atoms with E-state index in [0.29, 0.717) is 0 Å². The van der Waals surface area contributed by atoms with Gasteiger partial charge in [0.1, 0.15) is 0 Å². The van der Waals surface area contributed by atoms with Gasteiger partial charge in [-0.1, -0.05) is 285 Å². The van der Waals surface area contributed by atoms with Crippen molar-refractivity contribution in [1.82, 2.24) is 4.57 Å². The zero-order valence-corrected chi connectivity index (χ0v) is 51.4. The summed E-state index contributed by atoms with van der Waals surface area (Å²) in [4.78, 5) is 0. The van der Waals surface area contributed by atoms with Crippen LogP contribution in [-0.2, 0) is 10.8 Å². The first kappa shape index (κ1) is 54.8. The van der Waals surface area contributed by atoms with Crippen molar-refractivity contribution in [3.63, 3.8) is 0 Å². The lowest BCUT2D eigenvalue weighted by atomic mass is 9.70. The normalized spacial score (nSPS) is 13.7. The number of benzene rings is 11. The molecule has 3 aliphatic rings. The summed E-state index contributed by atoms with van der Waals surface area (Å²) >= 11 is 0. The van der Waals surface area contributed by atoms with E-state index >= 15 is 0 Å². The third kappa shape index (κ3) is 9.26. The average Bonchev–Trinajstić information content (AvgIpc) is 1.53. The molecular formula is C86H79N. The molecule has 15 rings (SSSR count). The smallest absolute Gasteiger partial charge is 0.0725 e. The van der Waals surface area contributed by atoms with Crippen molar-refractivity contribution >= 4 is 21.8 Å². The minimum absolute atomic E-state index is 0.0687. The van der Waals surface area contributed by atoms with Crippen molar-refractivity contribution in [3.8, 4) is 83.6 Å². The molecule has 87 heavy (non-hydrogen) atoms. The van der Waals surface area contributed by atoms with Gasteiger partial charge in [0.2, 0.25) is 0 Å². The molecule has 12 aromatic rings. The Kier molecular flexibility index (Phi) is 14.4. The van der Waals surface area contributed by atoms with Crippen LogP contribution in [0.3, 0.4) is 0 Å². The second kappa shape index (κ2) is 22.8. The second-order valence-electron chi connectivity index (χ2n) is 25.9. The van der Waals surface area contributed by atoms with Crippen LogP contribution in [0.2, 0.25) is 0 Å². The fourth-order valence-corrected chi connectivity index (χ4v) is 16.3. The van der Waals surface area contributed by atoms with Gasteiger partial charge in [0.05, 0.1) is 16.4 Å². The minimum atomic E-state index is -0.385. The minimum Gasteiger partial charge on any atom is -0.309 e. The van der Waals surface area contributed by atoms with Crippen molar-refractivity contribution in [2.45, 2.75) is 128 Å². The average molecular weight is 1130 g/mol. The van der Waals surface area contributed by atoms with Crippen LogP contribution in [0, 0.1) is 13.8 Å². The molecule has 0 amide bonds. The van der Waals surface area contributed by atoms with E-state index in [1.807, 2.05) is 0 Å². The standard InChI is InChI=1S/C86H79N/c1-5-7-9-11-13-23-49-85(50-24-14-12-10-8-6-2)80-55-64(62-39-37-61(38-40-62)60-35-33-58(3)34-36-60)41-45-72(80)73-46-43-66(56-81(73)85)67-51-59(4)52-68(53-67)87-83-32-22-18-28-75(83)76-54-63(44-48-84(76)87)65-42-47-74-71-27-17-21-31-79(71)86(82(74)57-65)77-29-19-15-25-69(77)70-26-16-20-30-78(70)86/h15-22,25-48,51-57H,5-14,23-24,49-50H2,1-4H3. The molecule has 0 unspecified atom stereocenters. The van der Waals surface area contributed by atoms with E-state index < -0.39 is 0 Å². The van der Waals surface area contributed by atoms with Gasteiger partial charge in [-0.3, -0.25) is 0 Å².